The van der Waals surface area contributed by atoms with E-state index in [0.29, 0.717) is 0 Å². The Morgan fingerprint density at radius 1 is 0.500 bits per heavy atom. The summed E-state index contributed by atoms with van der Waals surface area (Å²) in [6.45, 7) is -1.74. The Morgan fingerprint density at radius 3 is 1.00 bits per heavy atom. The summed E-state index contributed by atoms with van der Waals surface area (Å²) >= 11 is 0. The Hall–Kier alpha value is -1.45. The second-order valence-electron chi connectivity index (χ2n) is 7.39. The third kappa shape index (κ3) is 16.2. The standard InChI is InChI=1S/C18H33N5O8.Gd/c1-19(2)14(24)9-22(12-17(28)29)7-5-21(11-16(26)27)6-8-23(13-18(30)31)10-15(25)20(3)4;/h5-13H2,1-4H3,(H,26,27)(H,28,29)(H,30,31);/q;+3/p-3. The van der Waals surface area contributed by atoms with Crippen LogP contribution in [0.2, 0.25) is 0 Å². The van der Waals surface area contributed by atoms with Crippen LogP contribution in [0.1, 0.15) is 0 Å². The van der Waals surface area contributed by atoms with Crippen LogP contribution in [0.5, 0.6) is 0 Å². The van der Waals surface area contributed by atoms with Crippen LogP contribution >= 0.6 is 0 Å². The summed E-state index contributed by atoms with van der Waals surface area (Å²) in [5.41, 5.74) is 0. The number of rotatable bonds is 16. The van der Waals surface area contributed by atoms with Crippen molar-refractivity contribution in [2.24, 2.45) is 0 Å². The molecule has 0 fully saturated rings. The van der Waals surface area contributed by atoms with Gasteiger partial charge in [0.25, 0.3) is 0 Å². The van der Waals surface area contributed by atoms with E-state index in [9.17, 15) is 39.3 Å². The van der Waals surface area contributed by atoms with Crippen LogP contribution in [0.4, 0.5) is 0 Å². The van der Waals surface area contributed by atoms with Crippen molar-refractivity contribution in [1.82, 2.24) is 24.5 Å². The van der Waals surface area contributed by atoms with Crippen LogP contribution < -0.4 is 15.3 Å². The first-order valence-electron chi connectivity index (χ1n) is 9.48. The molecule has 1 radical (unpaired) electrons. The van der Waals surface area contributed by atoms with Gasteiger partial charge < -0.3 is 39.5 Å². The van der Waals surface area contributed by atoms with Gasteiger partial charge in [0.05, 0.1) is 31.0 Å². The molecule has 0 saturated heterocycles. The predicted octanol–water partition coefficient (Wildman–Crippen LogP) is -6.68. The molecule has 0 rings (SSSR count). The number of carboxylic acid groups (broad SMARTS) is 3. The number of amides is 2. The van der Waals surface area contributed by atoms with Crippen molar-refractivity contribution in [3.63, 3.8) is 0 Å². The molecular formula is C18H30GdN5O8. The van der Waals surface area contributed by atoms with Crippen LogP contribution in [-0.2, 0) is 24.0 Å². The molecule has 0 aliphatic heterocycles. The second-order valence-corrected chi connectivity index (χ2v) is 7.39. The molecule has 0 saturated carbocycles. The van der Waals surface area contributed by atoms with E-state index in [1.54, 1.807) is 0 Å². The molecule has 0 N–H and O–H groups in total. The molecule has 0 spiro atoms. The normalized spacial score (nSPS) is 10.7. The summed E-state index contributed by atoms with van der Waals surface area (Å²) in [5.74, 6) is -4.84. The summed E-state index contributed by atoms with van der Waals surface area (Å²) < 4.78 is 0. The van der Waals surface area contributed by atoms with Crippen molar-refractivity contribution < 1.29 is 79.2 Å². The Balaban J connectivity index is 0. The molecular weight excluding hydrogens is 571 g/mol. The molecule has 0 heterocycles. The first-order valence-corrected chi connectivity index (χ1v) is 9.48. The van der Waals surface area contributed by atoms with Gasteiger partial charge in [-0.2, -0.15) is 0 Å². The maximum atomic E-state index is 11.9. The van der Waals surface area contributed by atoms with Crippen molar-refractivity contribution >= 4 is 29.7 Å². The first kappa shape index (κ1) is 32.7. The maximum absolute atomic E-state index is 11.9. The summed E-state index contributed by atoms with van der Waals surface area (Å²) in [4.78, 5) is 63.3. The average Bonchev–Trinajstić information content (AvgIpc) is 2.61. The molecule has 0 aliphatic rings. The van der Waals surface area contributed by atoms with E-state index < -0.39 is 37.5 Å². The quantitative estimate of drug-likeness (QED) is 0.165. The van der Waals surface area contributed by atoms with Gasteiger partial charge in [0, 0.05) is 74.0 Å². The minimum Gasteiger partial charge on any atom is -0.549 e. The first-order chi connectivity index (χ1) is 14.3. The topological polar surface area (TPSA) is 171 Å². The Kier molecular flexibility index (Phi) is 17.5. The fourth-order valence-corrected chi connectivity index (χ4v) is 2.48. The number of hydrogen-bond acceptors (Lipinski definition) is 11. The van der Waals surface area contributed by atoms with E-state index in [-0.39, 0.29) is 91.0 Å². The van der Waals surface area contributed by atoms with Crippen molar-refractivity contribution in [1.29, 1.82) is 0 Å². The van der Waals surface area contributed by atoms with Gasteiger partial charge in [0.15, 0.2) is 0 Å². The third-order valence-electron chi connectivity index (χ3n) is 4.24. The van der Waals surface area contributed by atoms with Crippen molar-refractivity contribution in [3.8, 4) is 0 Å². The molecule has 0 aromatic heterocycles. The fourth-order valence-electron chi connectivity index (χ4n) is 2.48. The fraction of sp³-hybridized carbons (Fsp3) is 0.722. The monoisotopic (exact) mass is 602 g/mol. The molecule has 0 unspecified atom stereocenters. The van der Waals surface area contributed by atoms with Gasteiger partial charge in [-0.15, -0.1) is 0 Å². The van der Waals surface area contributed by atoms with Crippen molar-refractivity contribution in [2.75, 3.05) is 87.1 Å². The number of aliphatic carboxylic acids is 3. The van der Waals surface area contributed by atoms with Gasteiger partial charge in [-0.05, 0) is 0 Å². The number of carboxylic acids is 3. The van der Waals surface area contributed by atoms with E-state index in [0.717, 1.165) is 0 Å². The zero-order valence-corrected chi connectivity index (χ0v) is 21.0. The molecule has 13 nitrogen and oxygen atoms in total. The molecule has 0 aliphatic carbocycles. The largest absolute Gasteiger partial charge is 3.00 e. The van der Waals surface area contributed by atoms with Crippen LogP contribution in [0.15, 0.2) is 0 Å². The summed E-state index contributed by atoms with van der Waals surface area (Å²) in [5, 5.41) is 33.0. The van der Waals surface area contributed by atoms with Crippen LogP contribution in [-0.4, -0.2) is 141 Å². The van der Waals surface area contributed by atoms with Crippen LogP contribution in [0, 0.1) is 39.9 Å². The SMILES string of the molecule is CN(C)C(=O)CN(CCN(CCN(CC(=O)[O-])CC(=O)N(C)C)CC(=O)[O-])CC(=O)[O-].[Gd+3]. The predicted molar refractivity (Wildman–Crippen MR) is 102 cm³/mol. The van der Waals surface area contributed by atoms with Gasteiger partial charge in [0.2, 0.25) is 11.8 Å². The number of nitrogens with zero attached hydrogens (tertiary/aromatic N) is 5. The van der Waals surface area contributed by atoms with E-state index in [2.05, 4.69) is 0 Å². The Bertz CT molecular complexity index is 601. The Labute approximate surface area is 219 Å². The van der Waals surface area contributed by atoms with Crippen LogP contribution in [0.3, 0.4) is 0 Å². The number of carbonyl (C=O) groups is 5. The number of hydrogen-bond donors (Lipinski definition) is 0. The zero-order chi connectivity index (χ0) is 24.1. The minimum absolute atomic E-state index is 0. The third-order valence-corrected chi connectivity index (χ3v) is 4.24. The van der Waals surface area contributed by atoms with Gasteiger partial charge in [-0.1, -0.05) is 0 Å². The molecule has 0 bridgehead atoms. The molecule has 183 valence electrons. The molecule has 0 aromatic carbocycles. The van der Waals surface area contributed by atoms with E-state index in [1.165, 1.54) is 52.7 Å². The Morgan fingerprint density at radius 2 is 0.750 bits per heavy atom. The van der Waals surface area contributed by atoms with Crippen LogP contribution in [0.25, 0.3) is 0 Å². The molecule has 14 heteroatoms. The molecule has 32 heavy (non-hydrogen) atoms. The van der Waals surface area contributed by atoms with E-state index in [4.69, 9.17) is 0 Å². The van der Waals surface area contributed by atoms with Gasteiger partial charge in [-0.3, -0.25) is 24.3 Å². The summed E-state index contributed by atoms with van der Waals surface area (Å²) in [7, 11) is 6.07. The average molecular weight is 602 g/mol. The molecule has 2 amide bonds. The second kappa shape index (κ2) is 17.1. The zero-order valence-electron chi connectivity index (χ0n) is 18.7. The van der Waals surface area contributed by atoms with Gasteiger partial charge >= 0.3 is 39.9 Å². The maximum Gasteiger partial charge on any atom is 3.00 e. The van der Waals surface area contributed by atoms with Crippen molar-refractivity contribution in [2.45, 2.75) is 0 Å². The smallest absolute Gasteiger partial charge is 0.549 e. The van der Waals surface area contributed by atoms with E-state index in [1.807, 2.05) is 0 Å². The molecule has 0 aromatic rings. The van der Waals surface area contributed by atoms with Crippen molar-refractivity contribution in [3.05, 3.63) is 0 Å². The number of carbonyl (C=O) groups excluding carboxylic acids is 5. The number of likely N-dealkylation sites (N-methyl/N-ethyl adjacent to an activating group) is 2. The van der Waals surface area contributed by atoms with Gasteiger partial charge in [0.1, 0.15) is 0 Å². The van der Waals surface area contributed by atoms with E-state index >= 15 is 0 Å². The van der Waals surface area contributed by atoms with Gasteiger partial charge in [-0.25, -0.2) is 0 Å². The minimum atomic E-state index is -1.39. The molecule has 0 atom stereocenters. The summed E-state index contributed by atoms with van der Waals surface area (Å²) in [6.07, 6.45) is 0. The summed E-state index contributed by atoms with van der Waals surface area (Å²) in [6, 6.07) is 0.